The minimum absolute atomic E-state index is 0.0735. The zero-order valence-electron chi connectivity index (χ0n) is 15.9. The maximum atomic E-state index is 14.0. The van der Waals surface area contributed by atoms with Crippen molar-refractivity contribution in [2.75, 3.05) is 5.32 Å². The van der Waals surface area contributed by atoms with Crippen LogP contribution >= 0.6 is 23.4 Å². The summed E-state index contributed by atoms with van der Waals surface area (Å²) >= 11 is 7.73. The van der Waals surface area contributed by atoms with Crippen molar-refractivity contribution >= 4 is 35.1 Å². The average molecular weight is 441 g/mol. The minimum atomic E-state index is -0.484. The van der Waals surface area contributed by atoms with Crippen molar-refractivity contribution in [2.45, 2.75) is 36.2 Å². The summed E-state index contributed by atoms with van der Waals surface area (Å²) in [6.07, 6.45) is 2.05. The number of halogens is 2. The number of benzene rings is 2. The van der Waals surface area contributed by atoms with Crippen LogP contribution in [0.3, 0.4) is 0 Å². The number of nitrogens with zero attached hydrogens (tertiary/aromatic N) is 3. The van der Waals surface area contributed by atoms with Gasteiger partial charge in [-0.15, -0.1) is 5.10 Å². The molecule has 0 spiro atoms. The highest BCUT2D eigenvalue weighted by Crippen LogP contribution is 2.40. The summed E-state index contributed by atoms with van der Waals surface area (Å²) < 4.78 is 15.7. The number of nitrogens with one attached hydrogen (secondary N) is 1. The predicted octanol–water partition coefficient (Wildman–Crippen LogP) is 5.38. The fourth-order valence-corrected chi connectivity index (χ4v) is 5.06. The first-order chi connectivity index (χ1) is 14.6. The van der Waals surface area contributed by atoms with E-state index in [4.69, 9.17) is 11.6 Å². The van der Waals surface area contributed by atoms with Crippen LogP contribution in [0.5, 0.6) is 0 Å². The highest BCUT2D eigenvalue weighted by molar-refractivity contribution is 7.98. The topological polar surface area (TPSA) is 59.8 Å². The number of carbonyl (C=O) groups excluding carboxylic acids is 1. The molecule has 1 aromatic heterocycles. The third-order valence-corrected chi connectivity index (χ3v) is 6.58. The Morgan fingerprint density at radius 3 is 2.90 bits per heavy atom. The zero-order valence-corrected chi connectivity index (χ0v) is 17.5. The van der Waals surface area contributed by atoms with Crippen LogP contribution in [0.25, 0.3) is 0 Å². The Balaban J connectivity index is 1.52. The van der Waals surface area contributed by atoms with Gasteiger partial charge in [-0.25, -0.2) is 9.07 Å². The second kappa shape index (κ2) is 7.89. The first kappa shape index (κ1) is 19.3. The van der Waals surface area contributed by atoms with Crippen LogP contribution in [0, 0.1) is 5.82 Å². The molecule has 5 nitrogen and oxygen atoms in total. The normalized spacial score (nSPS) is 18.1. The first-order valence-electron chi connectivity index (χ1n) is 9.71. The van der Waals surface area contributed by atoms with Crippen LogP contribution < -0.4 is 5.32 Å². The van der Waals surface area contributed by atoms with Gasteiger partial charge in [-0.3, -0.25) is 4.79 Å². The van der Waals surface area contributed by atoms with E-state index in [1.165, 1.54) is 23.9 Å². The van der Waals surface area contributed by atoms with E-state index >= 15 is 0 Å². The van der Waals surface area contributed by atoms with Gasteiger partial charge < -0.3 is 5.32 Å². The van der Waals surface area contributed by atoms with Gasteiger partial charge in [-0.2, -0.15) is 4.98 Å². The molecule has 2 aromatic carbocycles. The summed E-state index contributed by atoms with van der Waals surface area (Å²) in [5.74, 6) is 0.926. The minimum Gasteiger partial charge on any atom is -0.328 e. The summed E-state index contributed by atoms with van der Waals surface area (Å²) in [7, 11) is 0. The van der Waals surface area contributed by atoms with Crippen molar-refractivity contribution < 1.29 is 9.18 Å². The fourth-order valence-electron chi connectivity index (χ4n) is 3.94. The number of rotatable bonds is 4. The molecular weight excluding hydrogens is 423 g/mol. The number of allylic oxidation sites excluding steroid dienone is 2. The molecule has 0 radical (unpaired) electrons. The van der Waals surface area contributed by atoms with Crippen LogP contribution in [0.1, 0.15) is 36.4 Å². The number of anilines is 1. The van der Waals surface area contributed by atoms with Crippen molar-refractivity contribution in [2.24, 2.45) is 0 Å². The summed E-state index contributed by atoms with van der Waals surface area (Å²) in [6.45, 7) is 0. The number of thioether (sulfide) groups is 1. The summed E-state index contributed by atoms with van der Waals surface area (Å²) in [4.78, 5) is 17.4. The van der Waals surface area contributed by atoms with E-state index in [2.05, 4.69) is 15.4 Å². The Kier molecular flexibility index (Phi) is 5.08. The van der Waals surface area contributed by atoms with Gasteiger partial charge in [0.1, 0.15) is 11.9 Å². The molecule has 30 heavy (non-hydrogen) atoms. The van der Waals surface area contributed by atoms with E-state index < -0.39 is 6.04 Å². The Hall–Kier alpha value is -2.64. The molecule has 0 bridgehead atoms. The number of hydrogen-bond acceptors (Lipinski definition) is 5. The molecule has 0 amide bonds. The highest BCUT2D eigenvalue weighted by atomic mass is 35.5. The van der Waals surface area contributed by atoms with E-state index in [1.54, 1.807) is 10.7 Å². The maximum Gasteiger partial charge on any atom is 0.227 e. The molecule has 5 rings (SSSR count). The van der Waals surface area contributed by atoms with Gasteiger partial charge >= 0.3 is 0 Å². The third kappa shape index (κ3) is 3.52. The van der Waals surface area contributed by atoms with Crippen LogP contribution in [-0.4, -0.2) is 20.5 Å². The molecule has 0 saturated carbocycles. The van der Waals surface area contributed by atoms with Crippen molar-refractivity contribution in [3.05, 3.63) is 81.8 Å². The van der Waals surface area contributed by atoms with Gasteiger partial charge in [0, 0.05) is 28.5 Å². The molecule has 1 atom stereocenters. The van der Waals surface area contributed by atoms with Gasteiger partial charge in [0.25, 0.3) is 0 Å². The number of Topliss-reactive ketones (excluding diaryl/α,β-unsaturated/α-hetero) is 1. The van der Waals surface area contributed by atoms with E-state index in [0.717, 1.165) is 24.1 Å². The molecule has 1 aliphatic heterocycles. The number of hydrogen-bond donors (Lipinski definition) is 1. The molecule has 1 aliphatic carbocycles. The fraction of sp³-hybridized carbons (Fsp3) is 0.227. The number of aromatic nitrogens is 3. The Morgan fingerprint density at radius 1 is 1.20 bits per heavy atom. The molecule has 2 aliphatic rings. The molecule has 0 fully saturated rings. The highest BCUT2D eigenvalue weighted by Gasteiger charge is 2.36. The van der Waals surface area contributed by atoms with Crippen molar-refractivity contribution in [3.8, 4) is 0 Å². The van der Waals surface area contributed by atoms with Gasteiger partial charge in [-0.1, -0.05) is 53.7 Å². The first-order valence-corrected chi connectivity index (χ1v) is 11.1. The third-order valence-electron chi connectivity index (χ3n) is 5.33. The second-order valence-corrected chi connectivity index (χ2v) is 8.64. The Morgan fingerprint density at radius 2 is 2.07 bits per heavy atom. The lowest BCUT2D eigenvalue weighted by Gasteiger charge is -2.32. The van der Waals surface area contributed by atoms with E-state index in [-0.39, 0.29) is 11.6 Å². The van der Waals surface area contributed by atoms with E-state index in [1.807, 2.05) is 30.3 Å². The van der Waals surface area contributed by atoms with Gasteiger partial charge in [0.15, 0.2) is 5.78 Å². The molecule has 2 heterocycles. The lowest BCUT2D eigenvalue weighted by Crippen LogP contribution is -2.31. The molecule has 0 unspecified atom stereocenters. The average Bonchev–Trinajstić information content (AvgIpc) is 3.14. The quantitative estimate of drug-likeness (QED) is 0.551. The Bertz CT molecular complexity index is 1180. The van der Waals surface area contributed by atoms with Gasteiger partial charge in [0.05, 0.1) is 0 Å². The van der Waals surface area contributed by atoms with Crippen LogP contribution in [0.15, 0.2) is 65.0 Å². The zero-order chi connectivity index (χ0) is 20.7. The molecular formula is C22H18ClFN4OS. The van der Waals surface area contributed by atoms with Crippen molar-refractivity contribution in [3.63, 3.8) is 0 Å². The molecule has 8 heteroatoms. The van der Waals surface area contributed by atoms with Crippen molar-refractivity contribution in [1.29, 1.82) is 0 Å². The largest absolute Gasteiger partial charge is 0.328 e. The molecule has 1 N–H and O–H groups in total. The van der Waals surface area contributed by atoms with Crippen molar-refractivity contribution in [1.82, 2.24) is 14.8 Å². The molecule has 0 saturated heterocycles. The summed E-state index contributed by atoms with van der Waals surface area (Å²) in [6, 6.07) is 13.5. The summed E-state index contributed by atoms with van der Waals surface area (Å²) in [5.41, 5.74) is 3.21. The van der Waals surface area contributed by atoms with Gasteiger partial charge in [0.2, 0.25) is 11.1 Å². The van der Waals surface area contributed by atoms with E-state index in [9.17, 15) is 9.18 Å². The molecule has 3 aromatic rings. The van der Waals surface area contributed by atoms with E-state index in [0.29, 0.717) is 39.4 Å². The van der Waals surface area contributed by atoms with Crippen LogP contribution in [0.4, 0.5) is 10.3 Å². The number of fused-ring (bicyclic) bond motifs is 1. The second-order valence-electron chi connectivity index (χ2n) is 7.29. The SMILES string of the molecule is O=C1CCCC2=C1[C@H](c1cccc(F)c1)n1nc(SCc3ccccc3Cl)nc1N2. The molecule has 152 valence electrons. The Labute approximate surface area is 182 Å². The monoisotopic (exact) mass is 440 g/mol. The van der Waals surface area contributed by atoms with Crippen LogP contribution in [0.2, 0.25) is 5.02 Å². The lowest BCUT2D eigenvalue weighted by molar-refractivity contribution is -0.116. The number of carbonyl (C=O) groups is 1. The van der Waals surface area contributed by atoms with Gasteiger partial charge in [-0.05, 0) is 42.2 Å². The maximum absolute atomic E-state index is 14.0. The predicted molar refractivity (Wildman–Crippen MR) is 115 cm³/mol. The number of ketones is 1. The van der Waals surface area contributed by atoms with Crippen LogP contribution in [-0.2, 0) is 10.5 Å². The standard InChI is InChI=1S/C22H18ClFN4OS/c23-16-8-2-1-5-14(16)12-30-22-26-21-25-17-9-4-10-18(29)19(17)20(28(21)27-22)13-6-3-7-15(24)11-13/h1-3,5-8,11,20H,4,9-10,12H2,(H,25,26,27)/t20-/m0/s1. The lowest BCUT2D eigenvalue weighted by atomic mass is 9.85. The smallest absolute Gasteiger partial charge is 0.227 e. The summed E-state index contributed by atoms with van der Waals surface area (Å²) in [5, 5.41) is 9.23.